The largest absolute Gasteiger partial charge is 0.494 e. The van der Waals surface area contributed by atoms with E-state index in [9.17, 15) is 9.59 Å². The highest BCUT2D eigenvalue weighted by molar-refractivity contribution is 7.71. The molecule has 1 unspecified atom stereocenters. The molecule has 6 nitrogen and oxygen atoms in total. The van der Waals surface area contributed by atoms with Crippen LogP contribution in [0.15, 0.2) is 29.1 Å². The molecule has 25 heavy (non-hydrogen) atoms. The number of rotatable bonds is 4. The van der Waals surface area contributed by atoms with E-state index in [4.69, 9.17) is 17.0 Å². The standard InChI is InChI=1S/C18H21N3O3S/c1-4-24-12-7-5-11(6-8-12)13-9-14(22)19-16-15(13)17(23)21(10(2)3)18(25)20-16/h5-8,10,13H,4,9H2,1-3H3,(H,19,22)(H,20,25). The van der Waals surface area contributed by atoms with Gasteiger partial charge in [-0.2, -0.15) is 0 Å². The zero-order valence-electron chi connectivity index (χ0n) is 14.5. The number of benzene rings is 1. The Morgan fingerprint density at radius 3 is 2.56 bits per heavy atom. The summed E-state index contributed by atoms with van der Waals surface area (Å²) in [6, 6.07) is 7.45. The summed E-state index contributed by atoms with van der Waals surface area (Å²) in [5.74, 6) is 0.711. The van der Waals surface area contributed by atoms with Gasteiger partial charge in [0.05, 0.1) is 12.2 Å². The number of hydrogen-bond acceptors (Lipinski definition) is 4. The molecule has 0 aliphatic carbocycles. The molecule has 0 saturated heterocycles. The van der Waals surface area contributed by atoms with Crippen LogP contribution in [0.1, 0.15) is 50.3 Å². The predicted molar refractivity (Wildman–Crippen MR) is 99.0 cm³/mol. The number of aromatic nitrogens is 2. The SMILES string of the molecule is CCOc1ccc(C2CC(=O)Nc3[nH]c(=S)n(C(C)C)c(=O)c32)cc1. The Hall–Kier alpha value is -2.41. The second-order valence-corrected chi connectivity index (χ2v) is 6.68. The Morgan fingerprint density at radius 1 is 1.28 bits per heavy atom. The van der Waals surface area contributed by atoms with Gasteiger partial charge in [-0.25, -0.2) is 0 Å². The molecule has 2 aromatic rings. The van der Waals surface area contributed by atoms with Gasteiger partial charge in [0, 0.05) is 18.4 Å². The lowest BCUT2D eigenvalue weighted by atomic mass is 9.86. The van der Waals surface area contributed by atoms with E-state index < -0.39 is 0 Å². The molecule has 1 aliphatic rings. The Labute approximate surface area is 150 Å². The van der Waals surface area contributed by atoms with Crippen molar-refractivity contribution in [2.24, 2.45) is 0 Å². The Balaban J connectivity index is 2.15. The number of fused-ring (bicyclic) bond motifs is 1. The van der Waals surface area contributed by atoms with E-state index >= 15 is 0 Å². The first-order valence-corrected chi connectivity index (χ1v) is 8.74. The van der Waals surface area contributed by atoms with E-state index in [2.05, 4.69) is 10.3 Å². The van der Waals surface area contributed by atoms with Crippen molar-refractivity contribution in [2.45, 2.75) is 39.2 Å². The molecule has 0 spiro atoms. The molecule has 132 valence electrons. The fourth-order valence-corrected chi connectivity index (χ4v) is 3.58. The van der Waals surface area contributed by atoms with Gasteiger partial charge in [0.1, 0.15) is 11.6 Å². The van der Waals surface area contributed by atoms with Gasteiger partial charge >= 0.3 is 0 Å². The van der Waals surface area contributed by atoms with Crippen molar-refractivity contribution in [3.63, 3.8) is 0 Å². The lowest BCUT2D eigenvalue weighted by molar-refractivity contribution is -0.116. The van der Waals surface area contributed by atoms with Gasteiger partial charge in [0.2, 0.25) is 5.91 Å². The minimum atomic E-state index is -0.316. The maximum atomic E-state index is 13.0. The summed E-state index contributed by atoms with van der Waals surface area (Å²) in [4.78, 5) is 28.2. The number of nitrogens with zero attached hydrogens (tertiary/aromatic N) is 1. The normalized spacial score (nSPS) is 16.5. The third-order valence-electron chi connectivity index (χ3n) is 4.28. The van der Waals surface area contributed by atoms with Crippen LogP contribution in [0.25, 0.3) is 0 Å². The molecule has 1 aromatic heterocycles. The number of amides is 1. The van der Waals surface area contributed by atoms with Crippen LogP contribution >= 0.6 is 12.2 Å². The molecule has 0 saturated carbocycles. The van der Waals surface area contributed by atoms with Crippen LogP contribution in [0, 0.1) is 4.77 Å². The van der Waals surface area contributed by atoms with Gasteiger partial charge < -0.3 is 15.0 Å². The Morgan fingerprint density at radius 2 is 1.96 bits per heavy atom. The summed E-state index contributed by atoms with van der Waals surface area (Å²) in [5, 5.41) is 2.74. The molecule has 1 atom stereocenters. The number of anilines is 1. The van der Waals surface area contributed by atoms with E-state index in [1.54, 1.807) is 4.57 Å². The second-order valence-electron chi connectivity index (χ2n) is 6.29. The summed E-state index contributed by atoms with van der Waals surface area (Å²) in [6.45, 7) is 6.32. The van der Waals surface area contributed by atoms with Crippen LogP contribution in [0.5, 0.6) is 5.75 Å². The van der Waals surface area contributed by atoms with Gasteiger partial charge in [0.25, 0.3) is 5.56 Å². The monoisotopic (exact) mass is 359 g/mol. The third kappa shape index (κ3) is 3.24. The molecule has 0 radical (unpaired) electrons. The maximum absolute atomic E-state index is 13.0. The lowest BCUT2D eigenvalue weighted by Crippen LogP contribution is -2.35. The number of nitrogens with one attached hydrogen (secondary N) is 2. The van der Waals surface area contributed by atoms with Crippen molar-refractivity contribution in [1.29, 1.82) is 0 Å². The van der Waals surface area contributed by atoms with Crippen LogP contribution in [-0.4, -0.2) is 22.1 Å². The average Bonchev–Trinajstić information content (AvgIpc) is 2.54. The van der Waals surface area contributed by atoms with Crippen molar-refractivity contribution < 1.29 is 9.53 Å². The molecule has 7 heteroatoms. The number of ether oxygens (including phenoxy) is 1. The number of aromatic amines is 1. The van der Waals surface area contributed by atoms with Crippen LogP contribution in [0.2, 0.25) is 0 Å². The highest BCUT2D eigenvalue weighted by atomic mass is 32.1. The van der Waals surface area contributed by atoms with Crippen molar-refractivity contribution in [1.82, 2.24) is 9.55 Å². The van der Waals surface area contributed by atoms with Gasteiger partial charge in [-0.3, -0.25) is 14.2 Å². The zero-order valence-corrected chi connectivity index (χ0v) is 15.3. The molecule has 0 fully saturated rings. The van der Waals surface area contributed by atoms with Crippen LogP contribution < -0.4 is 15.6 Å². The second kappa shape index (κ2) is 6.84. The van der Waals surface area contributed by atoms with Crippen LogP contribution in [0.3, 0.4) is 0 Å². The Kier molecular flexibility index (Phi) is 4.76. The summed E-state index contributed by atoms with van der Waals surface area (Å²) < 4.78 is 7.32. The molecule has 1 aromatic carbocycles. The maximum Gasteiger partial charge on any atom is 0.260 e. The molecule has 2 heterocycles. The minimum absolute atomic E-state index is 0.0693. The van der Waals surface area contributed by atoms with E-state index in [1.807, 2.05) is 45.0 Å². The van der Waals surface area contributed by atoms with E-state index in [-0.39, 0.29) is 29.8 Å². The number of carbonyl (C=O) groups excluding carboxylic acids is 1. The first-order valence-electron chi connectivity index (χ1n) is 8.33. The number of hydrogen-bond donors (Lipinski definition) is 2. The van der Waals surface area contributed by atoms with Crippen molar-refractivity contribution in [3.05, 3.63) is 50.5 Å². The first-order chi connectivity index (χ1) is 11.9. The van der Waals surface area contributed by atoms with Gasteiger partial charge in [-0.1, -0.05) is 12.1 Å². The molecule has 3 rings (SSSR count). The zero-order chi connectivity index (χ0) is 18.1. The number of carbonyl (C=O) groups is 1. The van der Waals surface area contributed by atoms with Gasteiger partial charge in [-0.05, 0) is 50.7 Å². The molecule has 1 amide bonds. The van der Waals surface area contributed by atoms with Crippen molar-refractivity contribution in [2.75, 3.05) is 11.9 Å². The van der Waals surface area contributed by atoms with Crippen molar-refractivity contribution >= 4 is 23.9 Å². The fourth-order valence-electron chi connectivity index (χ4n) is 3.18. The first kappa shape index (κ1) is 17.4. The highest BCUT2D eigenvalue weighted by Crippen LogP contribution is 2.34. The predicted octanol–water partition coefficient (Wildman–Crippen LogP) is 3.36. The lowest BCUT2D eigenvalue weighted by Gasteiger charge is -2.26. The van der Waals surface area contributed by atoms with Crippen LogP contribution in [0.4, 0.5) is 5.82 Å². The topological polar surface area (TPSA) is 76.1 Å². The summed E-state index contributed by atoms with van der Waals surface area (Å²) in [6.07, 6.45) is 0.221. The molecule has 1 aliphatic heterocycles. The molecular weight excluding hydrogens is 338 g/mol. The summed E-state index contributed by atoms with van der Waals surface area (Å²) in [7, 11) is 0. The quantitative estimate of drug-likeness (QED) is 0.821. The summed E-state index contributed by atoms with van der Waals surface area (Å²) >= 11 is 5.28. The minimum Gasteiger partial charge on any atom is -0.494 e. The number of H-pyrrole nitrogens is 1. The molecular formula is C18H21N3O3S. The van der Waals surface area contributed by atoms with Crippen molar-refractivity contribution in [3.8, 4) is 5.75 Å². The average molecular weight is 359 g/mol. The Bertz CT molecular complexity index is 913. The van der Waals surface area contributed by atoms with Gasteiger partial charge in [0.15, 0.2) is 4.77 Å². The highest BCUT2D eigenvalue weighted by Gasteiger charge is 2.31. The van der Waals surface area contributed by atoms with E-state index in [1.165, 1.54) is 0 Å². The molecule has 2 N–H and O–H groups in total. The van der Waals surface area contributed by atoms with E-state index in [0.717, 1.165) is 11.3 Å². The summed E-state index contributed by atoms with van der Waals surface area (Å²) in [5.41, 5.74) is 1.29. The van der Waals surface area contributed by atoms with Gasteiger partial charge in [-0.15, -0.1) is 0 Å². The smallest absolute Gasteiger partial charge is 0.260 e. The third-order valence-corrected chi connectivity index (χ3v) is 4.58. The molecule has 0 bridgehead atoms. The fraction of sp³-hybridized carbons (Fsp3) is 0.389. The van der Waals surface area contributed by atoms with Crippen LogP contribution in [-0.2, 0) is 4.79 Å². The van der Waals surface area contributed by atoms with E-state index in [0.29, 0.717) is 22.8 Å².